The van der Waals surface area contributed by atoms with Gasteiger partial charge < -0.3 is 16.8 Å². The molecular weight excluding hydrogens is 290 g/mol. The van der Waals surface area contributed by atoms with Crippen molar-refractivity contribution in [3.05, 3.63) is 28.8 Å². The first-order valence-corrected chi connectivity index (χ1v) is 7.47. The average Bonchev–Trinajstić information content (AvgIpc) is 2.49. The van der Waals surface area contributed by atoms with Gasteiger partial charge in [-0.05, 0) is 31.0 Å². The largest absolute Gasteiger partial charge is 0.366 e. The number of halogens is 1. The highest BCUT2D eigenvalue weighted by molar-refractivity contribution is 6.34. The van der Waals surface area contributed by atoms with Crippen molar-refractivity contribution in [3.63, 3.8) is 0 Å². The van der Waals surface area contributed by atoms with E-state index in [0.717, 1.165) is 32.1 Å². The number of anilines is 1. The van der Waals surface area contributed by atoms with E-state index in [0.29, 0.717) is 12.2 Å². The van der Waals surface area contributed by atoms with E-state index in [9.17, 15) is 9.59 Å². The van der Waals surface area contributed by atoms with Gasteiger partial charge in [-0.25, -0.2) is 0 Å². The number of rotatable bonds is 4. The third kappa shape index (κ3) is 3.36. The summed E-state index contributed by atoms with van der Waals surface area (Å²) in [5.41, 5.74) is 11.3. The van der Waals surface area contributed by atoms with Gasteiger partial charge >= 0.3 is 0 Å². The molecule has 0 radical (unpaired) electrons. The minimum Gasteiger partial charge on any atom is -0.366 e. The second-order valence-electron chi connectivity index (χ2n) is 5.56. The summed E-state index contributed by atoms with van der Waals surface area (Å²) in [5.74, 6) is -0.718. The molecule has 1 aliphatic rings. The van der Waals surface area contributed by atoms with Crippen LogP contribution in [0.15, 0.2) is 18.2 Å². The molecule has 1 saturated carbocycles. The Morgan fingerprint density at radius 1 is 1.24 bits per heavy atom. The summed E-state index contributed by atoms with van der Waals surface area (Å²) >= 11 is 5.90. The van der Waals surface area contributed by atoms with Crippen LogP contribution in [-0.4, -0.2) is 18.4 Å². The Morgan fingerprint density at radius 3 is 2.48 bits per heavy atom. The molecule has 5 nitrogen and oxygen atoms in total. The first-order chi connectivity index (χ1) is 9.98. The van der Waals surface area contributed by atoms with Crippen LogP contribution >= 0.6 is 11.6 Å². The van der Waals surface area contributed by atoms with Gasteiger partial charge in [0.25, 0.3) is 0 Å². The molecule has 6 heteroatoms. The highest BCUT2D eigenvalue weighted by Crippen LogP contribution is 2.36. The molecule has 0 spiro atoms. The number of primary amides is 1. The molecule has 1 fully saturated rings. The molecule has 0 aliphatic heterocycles. The third-order valence-corrected chi connectivity index (χ3v) is 4.50. The molecule has 0 atom stereocenters. The maximum Gasteiger partial charge on any atom is 0.250 e. The van der Waals surface area contributed by atoms with Crippen molar-refractivity contribution in [2.45, 2.75) is 32.1 Å². The number of hydrogen-bond donors (Lipinski definition) is 3. The van der Waals surface area contributed by atoms with E-state index in [1.807, 2.05) is 0 Å². The number of hydrogen-bond acceptors (Lipinski definition) is 3. The molecule has 21 heavy (non-hydrogen) atoms. The SMILES string of the molecule is NCC1(C(=O)Nc2ccc(Cl)c(C(N)=O)c2)CCCCC1. The van der Waals surface area contributed by atoms with Crippen molar-refractivity contribution in [1.29, 1.82) is 0 Å². The van der Waals surface area contributed by atoms with Crippen molar-refractivity contribution in [3.8, 4) is 0 Å². The summed E-state index contributed by atoms with van der Waals surface area (Å²) < 4.78 is 0. The van der Waals surface area contributed by atoms with Crippen molar-refractivity contribution >= 4 is 29.1 Å². The summed E-state index contributed by atoms with van der Waals surface area (Å²) in [4.78, 5) is 23.8. The van der Waals surface area contributed by atoms with Gasteiger partial charge in [0.1, 0.15) is 0 Å². The first kappa shape index (κ1) is 15.8. The minimum atomic E-state index is -0.623. The Kier molecular flexibility index (Phi) is 4.85. The monoisotopic (exact) mass is 309 g/mol. The maximum absolute atomic E-state index is 12.5. The summed E-state index contributed by atoms with van der Waals surface area (Å²) in [6, 6.07) is 4.70. The van der Waals surface area contributed by atoms with Crippen LogP contribution < -0.4 is 16.8 Å². The zero-order valence-corrected chi connectivity index (χ0v) is 12.6. The van der Waals surface area contributed by atoms with Crippen LogP contribution in [0.2, 0.25) is 5.02 Å². The number of carbonyl (C=O) groups is 2. The lowest BCUT2D eigenvalue weighted by Gasteiger charge is -2.34. The number of nitrogens with one attached hydrogen (secondary N) is 1. The quantitative estimate of drug-likeness (QED) is 0.795. The zero-order valence-electron chi connectivity index (χ0n) is 11.8. The molecule has 5 N–H and O–H groups in total. The number of amides is 2. The molecule has 0 heterocycles. The van der Waals surface area contributed by atoms with Crippen LogP contribution in [0, 0.1) is 5.41 Å². The Labute approximate surface area is 129 Å². The van der Waals surface area contributed by atoms with Crippen molar-refractivity contribution in [2.24, 2.45) is 16.9 Å². The predicted molar refractivity (Wildman–Crippen MR) is 83.2 cm³/mol. The molecule has 0 aromatic heterocycles. The first-order valence-electron chi connectivity index (χ1n) is 7.09. The van der Waals surface area contributed by atoms with Crippen LogP contribution in [0.5, 0.6) is 0 Å². The van der Waals surface area contributed by atoms with Crippen molar-refractivity contribution in [1.82, 2.24) is 0 Å². The molecule has 2 amide bonds. The summed E-state index contributed by atoms with van der Waals surface area (Å²) in [7, 11) is 0. The number of benzene rings is 1. The lowest BCUT2D eigenvalue weighted by Crippen LogP contribution is -2.43. The minimum absolute atomic E-state index is 0.0950. The second kappa shape index (κ2) is 6.45. The average molecular weight is 310 g/mol. The fourth-order valence-electron chi connectivity index (χ4n) is 2.81. The predicted octanol–water partition coefficient (Wildman–Crippen LogP) is 2.29. The highest BCUT2D eigenvalue weighted by Gasteiger charge is 2.38. The molecule has 1 aliphatic carbocycles. The Bertz CT molecular complexity index is 554. The standard InChI is InChI=1S/C15H20ClN3O2/c16-12-5-4-10(8-11(12)13(18)20)19-14(21)15(9-17)6-2-1-3-7-15/h4-5,8H,1-3,6-7,9,17H2,(H2,18,20)(H,19,21). The lowest BCUT2D eigenvalue weighted by atomic mass is 9.73. The van der Waals surface area contributed by atoms with Crippen LogP contribution in [0.1, 0.15) is 42.5 Å². The van der Waals surface area contributed by atoms with Crippen LogP contribution in [0.4, 0.5) is 5.69 Å². The molecule has 2 rings (SSSR count). The highest BCUT2D eigenvalue weighted by atomic mass is 35.5. The Hall–Kier alpha value is -1.59. The third-order valence-electron chi connectivity index (χ3n) is 4.17. The zero-order chi connectivity index (χ0) is 15.5. The van der Waals surface area contributed by atoms with Gasteiger partial charge in [0.2, 0.25) is 11.8 Å². The molecule has 1 aromatic rings. The van der Waals surface area contributed by atoms with Crippen molar-refractivity contribution in [2.75, 3.05) is 11.9 Å². The Balaban J connectivity index is 2.19. The molecule has 0 unspecified atom stereocenters. The van der Waals surface area contributed by atoms with E-state index in [-0.39, 0.29) is 16.5 Å². The summed E-state index contributed by atoms with van der Waals surface area (Å²) in [6.07, 6.45) is 4.76. The van der Waals surface area contributed by atoms with E-state index >= 15 is 0 Å². The molecule has 0 saturated heterocycles. The topological polar surface area (TPSA) is 98.2 Å². The molecular formula is C15H20ClN3O2. The normalized spacial score (nSPS) is 17.2. The maximum atomic E-state index is 12.5. The van der Waals surface area contributed by atoms with Gasteiger partial charge in [-0.2, -0.15) is 0 Å². The lowest BCUT2D eigenvalue weighted by molar-refractivity contribution is -0.126. The molecule has 0 bridgehead atoms. The van der Waals surface area contributed by atoms with Crippen molar-refractivity contribution < 1.29 is 9.59 Å². The van der Waals surface area contributed by atoms with Crippen LogP contribution in [0.25, 0.3) is 0 Å². The van der Waals surface area contributed by atoms with Gasteiger partial charge in [-0.1, -0.05) is 30.9 Å². The summed E-state index contributed by atoms with van der Waals surface area (Å²) in [6.45, 7) is 0.328. The van der Waals surface area contributed by atoms with Gasteiger partial charge in [-0.15, -0.1) is 0 Å². The van der Waals surface area contributed by atoms with E-state index < -0.39 is 11.3 Å². The van der Waals surface area contributed by atoms with E-state index in [2.05, 4.69) is 5.32 Å². The summed E-state index contributed by atoms with van der Waals surface area (Å²) in [5, 5.41) is 3.11. The van der Waals surface area contributed by atoms with Gasteiger partial charge in [0, 0.05) is 12.2 Å². The number of carbonyl (C=O) groups excluding carboxylic acids is 2. The smallest absolute Gasteiger partial charge is 0.250 e. The van der Waals surface area contributed by atoms with Gasteiger partial charge in [0.05, 0.1) is 16.0 Å². The second-order valence-corrected chi connectivity index (χ2v) is 5.97. The molecule has 114 valence electrons. The van der Waals surface area contributed by atoms with Crippen LogP contribution in [0.3, 0.4) is 0 Å². The van der Waals surface area contributed by atoms with E-state index in [1.54, 1.807) is 12.1 Å². The fraction of sp³-hybridized carbons (Fsp3) is 0.467. The molecule has 1 aromatic carbocycles. The van der Waals surface area contributed by atoms with E-state index in [4.69, 9.17) is 23.1 Å². The fourth-order valence-corrected chi connectivity index (χ4v) is 3.02. The van der Waals surface area contributed by atoms with Crippen LogP contribution in [-0.2, 0) is 4.79 Å². The Morgan fingerprint density at radius 2 is 1.90 bits per heavy atom. The van der Waals surface area contributed by atoms with Gasteiger partial charge in [-0.3, -0.25) is 9.59 Å². The van der Waals surface area contributed by atoms with E-state index in [1.165, 1.54) is 6.07 Å². The number of nitrogens with two attached hydrogens (primary N) is 2. The van der Waals surface area contributed by atoms with Gasteiger partial charge in [0.15, 0.2) is 0 Å².